The Bertz CT molecular complexity index is 1200. The van der Waals surface area contributed by atoms with Crippen LogP contribution >= 0.6 is 0 Å². The number of carbonyl (C=O) groups is 2. The minimum absolute atomic E-state index is 0.0257. The molecule has 4 rings (SSSR count). The van der Waals surface area contributed by atoms with Crippen molar-refractivity contribution in [2.24, 2.45) is 0 Å². The third kappa shape index (κ3) is 5.30. The molecule has 0 bridgehead atoms. The lowest BCUT2D eigenvalue weighted by Gasteiger charge is -2.32. The topological polar surface area (TPSA) is 84.4 Å². The van der Waals surface area contributed by atoms with Gasteiger partial charge in [0, 0.05) is 24.7 Å². The van der Waals surface area contributed by atoms with E-state index in [2.05, 4.69) is 15.3 Å². The van der Waals surface area contributed by atoms with E-state index in [0.29, 0.717) is 31.5 Å². The first-order valence-corrected chi connectivity index (χ1v) is 11.3. The highest BCUT2D eigenvalue weighted by molar-refractivity contribution is 5.97. The number of piperidine rings is 1. The number of amides is 2. The van der Waals surface area contributed by atoms with E-state index in [1.54, 1.807) is 12.1 Å². The highest BCUT2D eigenvalue weighted by Gasteiger charge is 2.24. The zero-order valence-corrected chi connectivity index (χ0v) is 19.6. The highest BCUT2D eigenvalue weighted by Crippen LogP contribution is 2.20. The van der Waals surface area contributed by atoms with Crippen LogP contribution in [0, 0.1) is 27.7 Å². The number of nitrogens with zero attached hydrogens (tertiary/aromatic N) is 3. The Morgan fingerprint density at radius 3 is 2.36 bits per heavy atom. The Hall–Kier alpha value is -3.48. The summed E-state index contributed by atoms with van der Waals surface area (Å²) in [7, 11) is 0. The number of nitrogens with one attached hydrogen (secondary N) is 1. The second kappa shape index (κ2) is 9.57. The fraction of sp³-hybridized carbons (Fsp3) is 0.385. The molecule has 7 heteroatoms. The monoisotopic (exact) mass is 446 g/mol. The number of rotatable bonds is 5. The lowest BCUT2D eigenvalue weighted by molar-refractivity contribution is -0.134. The smallest absolute Gasteiger partial charge is 0.260 e. The van der Waals surface area contributed by atoms with Crippen LogP contribution in [0.5, 0.6) is 5.75 Å². The van der Waals surface area contributed by atoms with E-state index in [9.17, 15) is 9.59 Å². The largest absolute Gasteiger partial charge is 0.484 e. The van der Waals surface area contributed by atoms with Gasteiger partial charge in [-0.3, -0.25) is 9.59 Å². The Balaban J connectivity index is 1.29. The van der Waals surface area contributed by atoms with E-state index < -0.39 is 0 Å². The molecule has 0 aliphatic carbocycles. The summed E-state index contributed by atoms with van der Waals surface area (Å²) >= 11 is 0. The quantitative estimate of drug-likeness (QED) is 0.647. The number of ether oxygens (including phenoxy) is 1. The normalized spacial score (nSPS) is 14.4. The number of fused-ring (bicyclic) bond motifs is 1. The van der Waals surface area contributed by atoms with E-state index in [-0.39, 0.29) is 24.5 Å². The van der Waals surface area contributed by atoms with Gasteiger partial charge >= 0.3 is 0 Å². The molecule has 0 saturated carbocycles. The van der Waals surface area contributed by atoms with E-state index in [4.69, 9.17) is 4.74 Å². The Morgan fingerprint density at radius 2 is 1.67 bits per heavy atom. The predicted octanol–water partition coefficient (Wildman–Crippen LogP) is 3.66. The van der Waals surface area contributed by atoms with Gasteiger partial charge in [0.25, 0.3) is 11.8 Å². The van der Waals surface area contributed by atoms with Gasteiger partial charge < -0.3 is 15.0 Å². The van der Waals surface area contributed by atoms with Gasteiger partial charge in [0.15, 0.2) is 6.61 Å². The number of aryl methyl sites for hydroxylation is 4. The summed E-state index contributed by atoms with van der Waals surface area (Å²) < 4.78 is 5.73. The molecule has 1 aliphatic rings. The van der Waals surface area contributed by atoms with Crippen molar-refractivity contribution in [3.8, 4) is 5.75 Å². The van der Waals surface area contributed by atoms with Gasteiger partial charge in [-0.15, -0.1) is 0 Å². The molecular formula is C26H30N4O3. The standard InChI is InChI=1S/C26H30N4O3/c1-16-5-8-24(17(2)13-16)33-15-25(31)30-11-9-21(10-12-30)29-26(32)20-6-7-22-23(14-20)28-19(4)18(3)27-22/h5-8,13-14,21H,9-12,15H2,1-4H3,(H,29,32). The molecule has 0 unspecified atom stereocenters. The van der Waals surface area contributed by atoms with E-state index in [1.165, 1.54) is 0 Å². The molecule has 1 N–H and O–H groups in total. The number of carbonyl (C=O) groups excluding carboxylic acids is 2. The zero-order chi connectivity index (χ0) is 23.5. The van der Waals surface area contributed by atoms with Crippen LogP contribution in [-0.4, -0.2) is 52.4 Å². The average Bonchev–Trinajstić information content (AvgIpc) is 2.79. The van der Waals surface area contributed by atoms with Crippen LogP contribution in [0.4, 0.5) is 0 Å². The first-order valence-electron chi connectivity index (χ1n) is 11.3. The van der Waals surface area contributed by atoms with Crippen molar-refractivity contribution in [1.82, 2.24) is 20.2 Å². The molecular weight excluding hydrogens is 416 g/mol. The minimum Gasteiger partial charge on any atom is -0.484 e. The zero-order valence-electron chi connectivity index (χ0n) is 19.6. The van der Waals surface area contributed by atoms with E-state index in [0.717, 1.165) is 39.3 Å². The fourth-order valence-corrected chi connectivity index (χ4v) is 4.11. The first kappa shape index (κ1) is 22.7. The van der Waals surface area contributed by atoms with Crippen LogP contribution in [0.1, 0.15) is 45.7 Å². The average molecular weight is 447 g/mol. The summed E-state index contributed by atoms with van der Waals surface area (Å²) in [6.07, 6.45) is 1.43. The van der Waals surface area contributed by atoms with Crippen LogP contribution in [0.25, 0.3) is 11.0 Å². The van der Waals surface area contributed by atoms with E-state index in [1.807, 2.05) is 56.9 Å². The summed E-state index contributed by atoms with van der Waals surface area (Å²) in [5.41, 5.74) is 6.00. The first-order chi connectivity index (χ1) is 15.8. The Labute approximate surface area is 194 Å². The number of benzene rings is 2. The second-order valence-corrected chi connectivity index (χ2v) is 8.78. The molecule has 1 fully saturated rings. The second-order valence-electron chi connectivity index (χ2n) is 8.78. The van der Waals surface area contributed by atoms with Crippen molar-refractivity contribution in [1.29, 1.82) is 0 Å². The Morgan fingerprint density at radius 1 is 0.970 bits per heavy atom. The molecule has 33 heavy (non-hydrogen) atoms. The maximum atomic E-state index is 12.8. The van der Waals surface area contributed by atoms with Gasteiger partial charge in [0.05, 0.1) is 22.4 Å². The van der Waals surface area contributed by atoms with Gasteiger partial charge in [-0.05, 0) is 70.4 Å². The summed E-state index contributed by atoms with van der Waals surface area (Å²) in [4.78, 5) is 36.2. The van der Waals surface area contributed by atoms with Crippen molar-refractivity contribution in [3.05, 3.63) is 64.5 Å². The molecule has 1 aromatic heterocycles. The van der Waals surface area contributed by atoms with Gasteiger partial charge in [-0.25, -0.2) is 9.97 Å². The maximum Gasteiger partial charge on any atom is 0.260 e. The van der Waals surface area contributed by atoms with Gasteiger partial charge in [-0.2, -0.15) is 0 Å². The Kier molecular flexibility index (Phi) is 6.58. The van der Waals surface area contributed by atoms with Crippen molar-refractivity contribution < 1.29 is 14.3 Å². The van der Waals surface area contributed by atoms with E-state index >= 15 is 0 Å². The highest BCUT2D eigenvalue weighted by atomic mass is 16.5. The number of hydrogen-bond acceptors (Lipinski definition) is 5. The number of likely N-dealkylation sites (tertiary alicyclic amines) is 1. The minimum atomic E-state index is -0.125. The van der Waals surface area contributed by atoms with Crippen molar-refractivity contribution >= 4 is 22.8 Å². The lowest BCUT2D eigenvalue weighted by atomic mass is 10.0. The van der Waals surface area contributed by atoms with Gasteiger partial charge in [-0.1, -0.05) is 17.7 Å². The third-order valence-corrected chi connectivity index (χ3v) is 6.20. The van der Waals surface area contributed by atoms with Crippen LogP contribution < -0.4 is 10.1 Å². The van der Waals surface area contributed by atoms with Gasteiger partial charge in [0.1, 0.15) is 5.75 Å². The summed E-state index contributed by atoms with van der Waals surface area (Å²) in [5.74, 6) is 0.583. The third-order valence-electron chi connectivity index (χ3n) is 6.20. The van der Waals surface area contributed by atoms with Gasteiger partial charge in [0.2, 0.25) is 0 Å². The van der Waals surface area contributed by atoms with Crippen LogP contribution in [0.3, 0.4) is 0 Å². The summed E-state index contributed by atoms with van der Waals surface area (Å²) in [6, 6.07) is 11.4. The van der Waals surface area contributed by atoms with Crippen molar-refractivity contribution in [3.63, 3.8) is 0 Å². The summed E-state index contributed by atoms with van der Waals surface area (Å²) in [6.45, 7) is 9.07. The maximum absolute atomic E-state index is 12.8. The molecule has 2 aromatic carbocycles. The van der Waals surface area contributed by atoms with Crippen LogP contribution in [-0.2, 0) is 4.79 Å². The molecule has 0 spiro atoms. The number of hydrogen-bond donors (Lipinski definition) is 1. The molecule has 172 valence electrons. The summed E-state index contributed by atoms with van der Waals surface area (Å²) in [5, 5.41) is 3.10. The van der Waals surface area contributed by atoms with Crippen molar-refractivity contribution in [2.45, 2.75) is 46.6 Å². The SMILES string of the molecule is Cc1ccc(OCC(=O)N2CCC(NC(=O)c3ccc4nc(C)c(C)nc4c3)CC2)c(C)c1. The molecule has 0 radical (unpaired) electrons. The molecule has 1 aliphatic heterocycles. The molecule has 7 nitrogen and oxygen atoms in total. The lowest BCUT2D eigenvalue weighted by Crippen LogP contribution is -2.47. The number of aromatic nitrogens is 2. The van der Waals surface area contributed by atoms with Crippen LogP contribution in [0.2, 0.25) is 0 Å². The molecule has 0 atom stereocenters. The predicted molar refractivity (Wildman–Crippen MR) is 127 cm³/mol. The fourth-order valence-electron chi connectivity index (χ4n) is 4.11. The molecule has 2 heterocycles. The molecule has 2 amide bonds. The van der Waals surface area contributed by atoms with Crippen LogP contribution in [0.15, 0.2) is 36.4 Å². The molecule has 3 aromatic rings. The van der Waals surface area contributed by atoms with Crippen molar-refractivity contribution in [2.75, 3.05) is 19.7 Å². The molecule has 1 saturated heterocycles.